The molecule has 1 aromatic carbocycles. The minimum absolute atomic E-state index is 0.0192. The number of carbonyl (C=O) groups excluding carboxylic acids is 3. The van der Waals surface area contributed by atoms with Gasteiger partial charge in [-0.05, 0) is 24.8 Å². The first-order chi connectivity index (χ1) is 15.1. The smallest absolute Gasteiger partial charge is 0.248 e. The third-order valence-corrected chi connectivity index (χ3v) is 5.69. The maximum atomic E-state index is 13.1. The molecule has 3 amide bonds. The molecule has 8 heteroatoms. The summed E-state index contributed by atoms with van der Waals surface area (Å²) in [6.45, 7) is 2.59. The minimum Gasteiger partial charge on any atom is -0.382 e. The number of rotatable bonds is 7. The van der Waals surface area contributed by atoms with Gasteiger partial charge in [-0.3, -0.25) is 14.4 Å². The molecule has 1 heterocycles. The molecule has 0 aromatic heterocycles. The number of ether oxygens (including phenoxy) is 2. The van der Waals surface area contributed by atoms with Crippen molar-refractivity contribution < 1.29 is 23.9 Å². The van der Waals surface area contributed by atoms with Crippen LogP contribution in [0.5, 0.6) is 0 Å². The Balaban J connectivity index is 1.71. The summed E-state index contributed by atoms with van der Waals surface area (Å²) in [5, 5.41) is 2.91. The zero-order chi connectivity index (χ0) is 22.1. The summed E-state index contributed by atoms with van der Waals surface area (Å²) in [5.41, 5.74) is 0.963. The second-order valence-electron chi connectivity index (χ2n) is 8.07. The molecule has 8 nitrogen and oxygen atoms in total. The van der Waals surface area contributed by atoms with Crippen molar-refractivity contribution in [2.75, 3.05) is 53.1 Å². The normalized spacial score (nSPS) is 20.7. The summed E-state index contributed by atoms with van der Waals surface area (Å²) >= 11 is 0. The van der Waals surface area contributed by atoms with E-state index in [0.29, 0.717) is 45.8 Å². The molecule has 1 aliphatic carbocycles. The first-order valence-electron chi connectivity index (χ1n) is 11.1. The first kappa shape index (κ1) is 23.2. The monoisotopic (exact) mass is 431 g/mol. The lowest BCUT2D eigenvalue weighted by Crippen LogP contribution is -2.41. The van der Waals surface area contributed by atoms with E-state index in [2.05, 4.69) is 5.32 Å². The number of hydrogen-bond acceptors (Lipinski definition) is 5. The number of nitrogens with one attached hydrogen (secondary N) is 1. The molecular weight excluding hydrogens is 398 g/mol. The minimum atomic E-state index is -0.297. The number of methoxy groups -OCH3 is 1. The Labute approximate surface area is 183 Å². The SMILES string of the molecule is COCCOCC(=O)N1CCCN(C(=O)C2CC2)C(c2ccccc2)CC(=O)NCC1. The van der Waals surface area contributed by atoms with Gasteiger partial charge in [-0.2, -0.15) is 0 Å². The van der Waals surface area contributed by atoms with Gasteiger partial charge in [0.2, 0.25) is 17.7 Å². The van der Waals surface area contributed by atoms with Crippen molar-refractivity contribution in [3.63, 3.8) is 0 Å². The van der Waals surface area contributed by atoms with E-state index in [9.17, 15) is 14.4 Å². The van der Waals surface area contributed by atoms with E-state index in [0.717, 1.165) is 18.4 Å². The molecule has 1 atom stereocenters. The first-order valence-corrected chi connectivity index (χ1v) is 11.1. The fraction of sp³-hybridized carbons (Fsp3) is 0.609. The van der Waals surface area contributed by atoms with Crippen LogP contribution in [0, 0.1) is 5.92 Å². The average Bonchev–Trinajstić information content (AvgIpc) is 3.62. The highest BCUT2D eigenvalue weighted by Gasteiger charge is 2.37. The molecule has 1 saturated heterocycles. The van der Waals surface area contributed by atoms with Crippen LogP contribution in [0.15, 0.2) is 30.3 Å². The maximum Gasteiger partial charge on any atom is 0.248 e. The van der Waals surface area contributed by atoms with Gasteiger partial charge in [0.05, 0.1) is 25.7 Å². The molecule has 170 valence electrons. The Morgan fingerprint density at radius 3 is 2.58 bits per heavy atom. The van der Waals surface area contributed by atoms with Crippen molar-refractivity contribution in [3.8, 4) is 0 Å². The van der Waals surface area contributed by atoms with Crippen molar-refractivity contribution in [3.05, 3.63) is 35.9 Å². The number of hydrogen-bond donors (Lipinski definition) is 1. The molecule has 31 heavy (non-hydrogen) atoms. The third-order valence-electron chi connectivity index (χ3n) is 5.69. The Morgan fingerprint density at radius 1 is 1.10 bits per heavy atom. The second-order valence-corrected chi connectivity index (χ2v) is 8.07. The molecule has 1 N–H and O–H groups in total. The summed E-state index contributed by atoms with van der Waals surface area (Å²) < 4.78 is 10.3. The lowest BCUT2D eigenvalue weighted by Gasteiger charge is -2.32. The highest BCUT2D eigenvalue weighted by atomic mass is 16.5. The number of amides is 3. The van der Waals surface area contributed by atoms with Crippen LogP contribution in [-0.2, 0) is 23.9 Å². The lowest BCUT2D eigenvalue weighted by molar-refractivity contribution is -0.137. The molecule has 1 unspecified atom stereocenters. The standard InChI is InChI=1S/C23H33N3O5/c1-30-14-15-31-17-22(28)25-11-5-12-26(23(29)19-8-9-19)20(16-21(27)24-10-13-25)18-6-3-2-4-7-18/h2-4,6-7,19-20H,5,8-17H2,1H3,(H,24,27). The molecule has 0 spiro atoms. The lowest BCUT2D eigenvalue weighted by atomic mass is 10.0. The number of benzene rings is 1. The molecule has 1 aromatic rings. The van der Waals surface area contributed by atoms with Crippen LogP contribution in [0.25, 0.3) is 0 Å². The van der Waals surface area contributed by atoms with Crippen molar-refractivity contribution >= 4 is 17.7 Å². The Hall–Kier alpha value is -2.45. The van der Waals surface area contributed by atoms with Crippen molar-refractivity contribution in [2.45, 2.75) is 31.7 Å². The van der Waals surface area contributed by atoms with Crippen molar-refractivity contribution in [1.29, 1.82) is 0 Å². The molecule has 1 aliphatic heterocycles. The Bertz CT molecular complexity index is 738. The van der Waals surface area contributed by atoms with E-state index >= 15 is 0 Å². The molecule has 0 radical (unpaired) electrons. The van der Waals surface area contributed by atoms with Gasteiger partial charge in [-0.25, -0.2) is 0 Å². The quantitative estimate of drug-likeness (QED) is 0.659. The van der Waals surface area contributed by atoms with Gasteiger partial charge >= 0.3 is 0 Å². The van der Waals surface area contributed by atoms with E-state index in [-0.39, 0.29) is 42.7 Å². The molecule has 2 fully saturated rings. The van der Waals surface area contributed by atoms with Gasteiger partial charge in [0.15, 0.2) is 0 Å². The fourth-order valence-electron chi connectivity index (χ4n) is 3.83. The van der Waals surface area contributed by atoms with E-state index in [4.69, 9.17) is 9.47 Å². The van der Waals surface area contributed by atoms with Crippen molar-refractivity contribution in [2.24, 2.45) is 5.92 Å². The zero-order valence-electron chi connectivity index (χ0n) is 18.3. The van der Waals surface area contributed by atoms with E-state index in [1.807, 2.05) is 35.2 Å². The van der Waals surface area contributed by atoms with Crippen LogP contribution >= 0.6 is 0 Å². The summed E-state index contributed by atoms with van der Waals surface area (Å²) in [7, 11) is 1.58. The van der Waals surface area contributed by atoms with Crippen LogP contribution < -0.4 is 5.32 Å². The third kappa shape index (κ3) is 7.04. The molecule has 0 bridgehead atoms. The zero-order valence-corrected chi connectivity index (χ0v) is 18.3. The molecule has 3 rings (SSSR count). The van der Waals surface area contributed by atoms with Gasteiger partial charge in [0.1, 0.15) is 6.61 Å². The van der Waals surface area contributed by atoms with E-state index in [1.54, 1.807) is 12.0 Å². The average molecular weight is 432 g/mol. The number of carbonyl (C=O) groups is 3. The largest absolute Gasteiger partial charge is 0.382 e. The highest BCUT2D eigenvalue weighted by molar-refractivity contribution is 5.83. The molecule has 2 aliphatic rings. The van der Waals surface area contributed by atoms with Gasteiger partial charge in [0.25, 0.3) is 0 Å². The van der Waals surface area contributed by atoms with Crippen molar-refractivity contribution in [1.82, 2.24) is 15.1 Å². The summed E-state index contributed by atoms with van der Waals surface area (Å²) in [6, 6.07) is 9.44. The number of nitrogens with zero attached hydrogens (tertiary/aromatic N) is 2. The Kier molecular flexibility index (Phi) is 8.85. The summed E-state index contributed by atoms with van der Waals surface area (Å²) in [4.78, 5) is 41.9. The van der Waals surface area contributed by atoms with Crippen LogP contribution in [-0.4, -0.2) is 80.6 Å². The van der Waals surface area contributed by atoms with E-state index < -0.39 is 0 Å². The Morgan fingerprint density at radius 2 is 1.87 bits per heavy atom. The second kappa shape index (κ2) is 11.8. The summed E-state index contributed by atoms with van der Waals surface area (Å²) in [6.07, 6.45) is 2.69. The molecule has 1 saturated carbocycles. The predicted molar refractivity (Wildman–Crippen MR) is 115 cm³/mol. The van der Waals surface area contributed by atoms with Gasteiger partial charge in [-0.15, -0.1) is 0 Å². The van der Waals surface area contributed by atoms with E-state index in [1.165, 1.54) is 0 Å². The van der Waals surface area contributed by atoms with Crippen LogP contribution in [0.3, 0.4) is 0 Å². The van der Waals surface area contributed by atoms with Gasteiger partial charge in [0, 0.05) is 39.2 Å². The maximum absolute atomic E-state index is 13.1. The van der Waals surface area contributed by atoms with Crippen LogP contribution in [0.1, 0.15) is 37.3 Å². The predicted octanol–water partition coefficient (Wildman–Crippen LogP) is 1.37. The summed E-state index contributed by atoms with van der Waals surface area (Å²) in [5.74, 6) is -0.0645. The van der Waals surface area contributed by atoms with Crippen LogP contribution in [0.4, 0.5) is 0 Å². The molecular formula is C23H33N3O5. The van der Waals surface area contributed by atoms with Gasteiger partial charge < -0.3 is 24.6 Å². The van der Waals surface area contributed by atoms with Crippen LogP contribution in [0.2, 0.25) is 0 Å². The fourth-order valence-corrected chi connectivity index (χ4v) is 3.83. The topological polar surface area (TPSA) is 88.2 Å². The highest BCUT2D eigenvalue weighted by Crippen LogP contribution is 2.35. The van der Waals surface area contributed by atoms with Gasteiger partial charge in [-0.1, -0.05) is 30.3 Å².